The van der Waals surface area contributed by atoms with Crippen molar-refractivity contribution < 1.29 is 14.1 Å². The van der Waals surface area contributed by atoms with E-state index in [1.54, 1.807) is 6.07 Å². The third-order valence-corrected chi connectivity index (χ3v) is 3.21. The first-order valence-electron chi connectivity index (χ1n) is 5.57. The standard InChI is InChI=1S/C11H11BrN4O4/c1-19-9(17)6-16-11(18)10(12)8(5-14-16)13-4-7-2-3-20-15-7/h2-3,5,13H,4,6H2,1H3. The van der Waals surface area contributed by atoms with Crippen molar-refractivity contribution >= 4 is 27.6 Å². The fraction of sp³-hybridized carbons (Fsp3) is 0.273. The molecule has 0 aliphatic rings. The highest BCUT2D eigenvalue weighted by molar-refractivity contribution is 9.10. The van der Waals surface area contributed by atoms with Gasteiger partial charge in [0.15, 0.2) is 0 Å². The molecule has 0 radical (unpaired) electrons. The minimum absolute atomic E-state index is 0.239. The molecule has 20 heavy (non-hydrogen) atoms. The Morgan fingerprint density at radius 3 is 3.05 bits per heavy atom. The van der Waals surface area contributed by atoms with Gasteiger partial charge in [0.2, 0.25) is 0 Å². The molecule has 0 bridgehead atoms. The number of halogens is 1. The van der Waals surface area contributed by atoms with Crippen molar-refractivity contribution in [2.24, 2.45) is 0 Å². The smallest absolute Gasteiger partial charge is 0.327 e. The van der Waals surface area contributed by atoms with Gasteiger partial charge in [-0.15, -0.1) is 0 Å². The zero-order chi connectivity index (χ0) is 14.5. The fourth-order valence-corrected chi connectivity index (χ4v) is 1.85. The summed E-state index contributed by atoms with van der Waals surface area (Å²) in [5.74, 6) is -0.546. The summed E-state index contributed by atoms with van der Waals surface area (Å²) in [5, 5.41) is 10.6. The van der Waals surface area contributed by atoms with E-state index in [2.05, 4.69) is 36.2 Å². The Hall–Kier alpha value is -2.16. The second-order valence-corrected chi connectivity index (χ2v) is 4.55. The Kier molecular flexibility index (Phi) is 4.51. The number of esters is 1. The maximum absolute atomic E-state index is 12.0. The Morgan fingerprint density at radius 1 is 1.60 bits per heavy atom. The summed E-state index contributed by atoms with van der Waals surface area (Å²) in [4.78, 5) is 23.1. The van der Waals surface area contributed by atoms with E-state index in [1.807, 2.05) is 0 Å². The van der Waals surface area contributed by atoms with Gasteiger partial charge in [-0.2, -0.15) is 5.10 Å². The first-order chi connectivity index (χ1) is 9.61. The molecule has 106 valence electrons. The van der Waals surface area contributed by atoms with Gasteiger partial charge < -0.3 is 14.6 Å². The number of methoxy groups -OCH3 is 1. The van der Waals surface area contributed by atoms with E-state index in [-0.39, 0.29) is 11.0 Å². The van der Waals surface area contributed by atoms with Crippen LogP contribution in [0, 0.1) is 0 Å². The highest BCUT2D eigenvalue weighted by Crippen LogP contribution is 2.16. The highest BCUT2D eigenvalue weighted by atomic mass is 79.9. The highest BCUT2D eigenvalue weighted by Gasteiger charge is 2.11. The van der Waals surface area contributed by atoms with Crippen LogP contribution in [0.15, 0.2) is 32.3 Å². The summed E-state index contributed by atoms with van der Waals surface area (Å²) < 4.78 is 10.5. The zero-order valence-corrected chi connectivity index (χ0v) is 12.1. The molecule has 0 saturated carbocycles. The van der Waals surface area contributed by atoms with Crippen molar-refractivity contribution in [3.8, 4) is 0 Å². The molecule has 2 aromatic rings. The summed E-state index contributed by atoms with van der Waals surface area (Å²) in [5.41, 5.74) is 0.760. The molecule has 1 N–H and O–H groups in total. The van der Waals surface area contributed by atoms with Crippen LogP contribution >= 0.6 is 15.9 Å². The van der Waals surface area contributed by atoms with Crippen LogP contribution in [0.5, 0.6) is 0 Å². The number of carbonyl (C=O) groups is 1. The van der Waals surface area contributed by atoms with Crippen molar-refractivity contribution in [2.75, 3.05) is 12.4 Å². The normalized spacial score (nSPS) is 10.3. The number of anilines is 1. The first-order valence-corrected chi connectivity index (χ1v) is 6.36. The minimum atomic E-state index is -0.546. The van der Waals surface area contributed by atoms with Gasteiger partial charge in [0.05, 0.1) is 25.5 Å². The molecule has 0 atom stereocenters. The summed E-state index contributed by atoms with van der Waals surface area (Å²) in [6.45, 7) is 0.148. The van der Waals surface area contributed by atoms with E-state index in [9.17, 15) is 9.59 Å². The monoisotopic (exact) mass is 342 g/mol. The molecule has 0 saturated heterocycles. The lowest BCUT2D eigenvalue weighted by Crippen LogP contribution is -2.28. The van der Waals surface area contributed by atoms with Crippen LogP contribution in [-0.2, 0) is 22.6 Å². The predicted molar refractivity (Wildman–Crippen MR) is 72.0 cm³/mol. The van der Waals surface area contributed by atoms with Crippen molar-refractivity contribution in [3.05, 3.63) is 39.0 Å². The molecule has 0 aromatic carbocycles. The van der Waals surface area contributed by atoms with Crippen molar-refractivity contribution in [1.82, 2.24) is 14.9 Å². The summed E-state index contributed by atoms with van der Waals surface area (Å²) >= 11 is 3.18. The van der Waals surface area contributed by atoms with Gasteiger partial charge >= 0.3 is 5.97 Å². The summed E-state index contributed by atoms with van der Waals surface area (Å²) in [6.07, 6.45) is 2.90. The lowest BCUT2D eigenvalue weighted by molar-refractivity contribution is -0.141. The molecule has 0 unspecified atom stereocenters. The Morgan fingerprint density at radius 2 is 2.40 bits per heavy atom. The van der Waals surface area contributed by atoms with Gasteiger partial charge in [-0.25, -0.2) is 4.68 Å². The van der Waals surface area contributed by atoms with E-state index in [4.69, 9.17) is 4.52 Å². The second-order valence-electron chi connectivity index (χ2n) is 3.76. The zero-order valence-electron chi connectivity index (χ0n) is 10.5. The molecule has 0 aliphatic heterocycles. The number of ether oxygens (including phenoxy) is 1. The SMILES string of the molecule is COC(=O)Cn1ncc(NCc2ccon2)c(Br)c1=O. The van der Waals surface area contributed by atoms with Gasteiger partial charge in [0, 0.05) is 6.07 Å². The Bertz CT molecular complexity index is 653. The number of rotatable bonds is 5. The van der Waals surface area contributed by atoms with E-state index in [0.717, 1.165) is 4.68 Å². The first kappa shape index (κ1) is 14.3. The van der Waals surface area contributed by atoms with Gasteiger partial charge in [0.25, 0.3) is 5.56 Å². The molecule has 2 heterocycles. The topological polar surface area (TPSA) is 99.2 Å². The van der Waals surface area contributed by atoms with Crippen molar-refractivity contribution in [2.45, 2.75) is 13.1 Å². The fourth-order valence-electron chi connectivity index (χ4n) is 1.40. The minimum Gasteiger partial charge on any atom is -0.468 e. The Labute approximate surface area is 121 Å². The summed E-state index contributed by atoms with van der Waals surface area (Å²) in [7, 11) is 1.25. The second kappa shape index (κ2) is 6.33. The largest absolute Gasteiger partial charge is 0.468 e. The molecule has 2 rings (SSSR count). The van der Waals surface area contributed by atoms with Crippen LogP contribution in [0.1, 0.15) is 5.69 Å². The number of hydrogen-bond acceptors (Lipinski definition) is 7. The molecule has 2 aromatic heterocycles. The van der Waals surface area contributed by atoms with Crippen LogP contribution in [0.2, 0.25) is 0 Å². The average molecular weight is 343 g/mol. The van der Waals surface area contributed by atoms with E-state index in [1.165, 1.54) is 19.6 Å². The third kappa shape index (κ3) is 3.23. The molecule has 8 nitrogen and oxygen atoms in total. The predicted octanol–water partition coefficient (Wildman–Crippen LogP) is 0.779. The average Bonchev–Trinajstić information content (AvgIpc) is 2.96. The van der Waals surface area contributed by atoms with Gasteiger partial charge in [-0.1, -0.05) is 5.16 Å². The van der Waals surface area contributed by atoms with E-state index in [0.29, 0.717) is 17.9 Å². The van der Waals surface area contributed by atoms with Crippen LogP contribution < -0.4 is 10.9 Å². The lowest BCUT2D eigenvalue weighted by atomic mass is 10.4. The Balaban J connectivity index is 2.14. The molecular weight excluding hydrogens is 332 g/mol. The number of hydrogen-bond donors (Lipinski definition) is 1. The van der Waals surface area contributed by atoms with E-state index >= 15 is 0 Å². The van der Waals surface area contributed by atoms with Crippen LogP contribution in [-0.4, -0.2) is 28.0 Å². The van der Waals surface area contributed by atoms with Crippen LogP contribution in [0.25, 0.3) is 0 Å². The lowest BCUT2D eigenvalue weighted by Gasteiger charge is -2.08. The maximum Gasteiger partial charge on any atom is 0.327 e. The number of carbonyl (C=O) groups excluding carboxylic acids is 1. The van der Waals surface area contributed by atoms with Crippen molar-refractivity contribution in [3.63, 3.8) is 0 Å². The number of aromatic nitrogens is 3. The number of nitrogens with zero attached hydrogens (tertiary/aromatic N) is 3. The van der Waals surface area contributed by atoms with Crippen LogP contribution in [0.4, 0.5) is 5.69 Å². The van der Waals surface area contributed by atoms with Crippen LogP contribution in [0.3, 0.4) is 0 Å². The third-order valence-electron chi connectivity index (χ3n) is 2.44. The molecular formula is C11H11BrN4O4. The van der Waals surface area contributed by atoms with Crippen molar-refractivity contribution in [1.29, 1.82) is 0 Å². The van der Waals surface area contributed by atoms with E-state index < -0.39 is 11.5 Å². The maximum atomic E-state index is 12.0. The van der Waals surface area contributed by atoms with Gasteiger partial charge in [0.1, 0.15) is 23.0 Å². The molecule has 0 fully saturated rings. The number of nitrogens with one attached hydrogen (secondary N) is 1. The molecule has 0 spiro atoms. The molecule has 9 heteroatoms. The van der Waals surface area contributed by atoms with Gasteiger partial charge in [-0.05, 0) is 15.9 Å². The molecule has 0 amide bonds. The quantitative estimate of drug-likeness (QED) is 0.801. The van der Waals surface area contributed by atoms with Gasteiger partial charge in [-0.3, -0.25) is 9.59 Å². The molecule has 0 aliphatic carbocycles. The summed E-state index contributed by atoms with van der Waals surface area (Å²) in [6, 6.07) is 1.70.